The van der Waals surface area contributed by atoms with Crippen LogP contribution in [0.3, 0.4) is 0 Å². The molecule has 1 fully saturated rings. The average Bonchev–Trinajstić information content (AvgIpc) is 2.40. The SMILES string of the molecule is CCCCCC#Cc1cnc(F)c(OC[C@@H]2CCN2)c1. The van der Waals surface area contributed by atoms with Crippen LogP contribution in [0.25, 0.3) is 0 Å². The van der Waals surface area contributed by atoms with Crippen molar-refractivity contribution in [3.8, 4) is 17.6 Å². The van der Waals surface area contributed by atoms with E-state index in [4.69, 9.17) is 4.74 Å². The van der Waals surface area contributed by atoms with Gasteiger partial charge in [0.2, 0.25) is 0 Å². The molecule has 1 aliphatic rings. The third kappa shape index (κ3) is 4.50. The highest BCUT2D eigenvalue weighted by Gasteiger charge is 2.17. The number of pyridine rings is 1. The molecular weight excluding hydrogens is 255 g/mol. The Bertz CT molecular complexity index is 489. The first-order chi connectivity index (χ1) is 9.79. The fourth-order valence-electron chi connectivity index (χ4n) is 1.91. The van der Waals surface area contributed by atoms with Crippen LogP contribution in [0.5, 0.6) is 5.75 Å². The van der Waals surface area contributed by atoms with Crippen LogP contribution in [0.15, 0.2) is 12.3 Å². The van der Waals surface area contributed by atoms with Gasteiger partial charge in [0.25, 0.3) is 5.95 Å². The summed E-state index contributed by atoms with van der Waals surface area (Å²) >= 11 is 0. The van der Waals surface area contributed by atoms with Gasteiger partial charge in [0.1, 0.15) is 6.61 Å². The minimum Gasteiger partial charge on any atom is -0.487 e. The molecule has 0 bridgehead atoms. The topological polar surface area (TPSA) is 34.1 Å². The smallest absolute Gasteiger partial charge is 0.255 e. The van der Waals surface area contributed by atoms with Gasteiger partial charge in [-0.05, 0) is 19.4 Å². The van der Waals surface area contributed by atoms with E-state index in [1.165, 1.54) is 19.0 Å². The first-order valence-electron chi connectivity index (χ1n) is 7.30. The Balaban J connectivity index is 1.89. The Labute approximate surface area is 119 Å². The molecule has 0 spiro atoms. The molecule has 0 aliphatic carbocycles. The molecule has 0 saturated carbocycles. The maximum atomic E-state index is 13.5. The van der Waals surface area contributed by atoms with Gasteiger partial charge in [-0.25, -0.2) is 4.98 Å². The summed E-state index contributed by atoms with van der Waals surface area (Å²) in [6, 6.07) is 1.96. The number of ether oxygens (including phenoxy) is 1. The molecule has 1 atom stereocenters. The summed E-state index contributed by atoms with van der Waals surface area (Å²) in [5.74, 6) is 5.73. The Morgan fingerprint density at radius 2 is 2.35 bits per heavy atom. The van der Waals surface area contributed by atoms with Crippen molar-refractivity contribution < 1.29 is 9.13 Å². The number of unbranched alkanes of at least 4 members (excludes halogenated alkanes) is 3. The minimum absolute atomic E-state index is 0.194. The number of hydrogen-bond donors (Lipinski definition) is 1. The van der Waals surface area contributed by atoms with Crippen LogP contribution in [0.2, 0.25) is 0 Å². The molecule has 108 valence electrons. The zero-order chi connectivity index (χ0) is 14.2. The van der Waals surface area contributed by atoms with Crippen molar-refractivity contribution in [3.05, 3.63) is 23.8 Å². The molecule has 0 amide bonds. The highest BCUT2D eigenvalue weighted by atomic mass is 19.1. The zero-order valence-corrected chi connectivity index (χ0v) is 11.9. The number of halogens is 1. The van der Waals surface area contributed by atoms with Crippen molar-refractivity contribution in [1.82, 2.24) is 10.3 Å². The van der Waals surface area contributed by atoms with Crippen LogP contribution < -0.4 is 10.1 Å². The van der Waals surface area contributed by atoms with E-state index < -0.39 is 5.95 Å². The van der Waals surface area contributed by atoms with Crippen molar-refractivity contribution in [2.75, 3.05) is 13.2 Å². The molecule has 1 saturated heterocycles. The van der Waals surface area contributed by atoms with Crippen LogP contribution in [0.1, 0.15) is 44.6 Å². The molecule has 0 aromatic carbocycles. The van der Waals surface area contributed by atoms with Crippen LogP contribution >= 0.6 is 0 Å². The van der Waals surface area contributed by atoms with E-state index in [2.05, 4.69) is 29.1 Å². The zero-order valence-electron chi connectivity index (χ0n) is 11.9. The quantitative estimate of drug-likeness (QED) is 0.493. The lowest BCUT2D eigenvalue weighted by molar-refractivity contribution is 0.209. The monoisotopic (exact) mass is 276 g/mol. The van der Waals surface area contributed by atoms with Crippen molar-refractivity contribution in [1.29, 1.82) is 0 Å². The lowest BCUT2D eigenvalue weighted by atomic mass is 10.1. The largest absolute Gasteiger partial charge is 0.487 e. The van der Waals surface area contributed by atoms with E-state index in [0.717, 1.165) is 25.8 Å². The van der Waals surface area contributed by atoms with E-state index in [1.807, 2.05) is 0 Å². The Morgan fingerprint density at radius 3 is 3.05 bits per heavy atom. The van der Waals surface area contributed by atoms with Crippen LogP contribution in [0, 0.1) is 17.8 Å². The second kappa shape index (κ2) is 7.86. The summed E-state index contributed by atoms with van der Waals surface area (Å²) in [5, 5.41) is 3.21. The standard InChI is InChI=1S/C16H21FN2O/c1-2-3-4-5-6-7-13-10-15(16(17)19-11-13)20-12-14-8-9-18-14/h10-11,14,18H,2-5,8-9,12H2,1H3/t14-/m0/s1. The van der Waals surface area contributed by atoms with Crippen LogP contribution in [0.4, 0.5) is 4.39 Å². The second-order valence-corrected chi connectivity index (χ2v) is 5.02. The summed E-state index contributed by atoms with van der Waals surface area (Å²) < 4.78 is 19.0. The predicted octanol–water partition coefficient (Wildman–Crippen LogP) is 2.89. The maximum Gasteiger partial charge on any atom is 0.255 e. The van der Waals surface area contributed by atoms with E-state index in [-0.39, 0.29) is 5.75 Å². The molecule has 3 nitrogen and oxygen atoms in total. The molecular formula is C16H21FN2O. The van der Waals surface area contributed by atoms with Gasteiger partial charge in [0.05, 0.1) is 0 Å². The van der Waals surface area contributed by atoms with E-state index in [9.17, 15) is 4.39 Å². The van der Waals surface area contributed by atoms with Gasteiger partial charge in [-0.15, -0.1) is 0 Å². The molecule has 0 unspecified atom stereocenters. The molecule has 1 aromatic heterocycles. The molecule has 1 aromatic rings. The highest BCUT2D eigenvalue weighted by molar-refractivity contribution is 5.37. The van der Waals surface area contributed by atoms with Gasteiger partial charge in [0, 0.05) is 30.3 Å². The number of rotatable bonds is 6. The molecule has 2 heterocycles. The average molecular weight is 276 g/mol. The lowest BCUT2D eigenvalue weighted by Crippen LogP contribution is -2.46. The van der Waals surface area contributed by atoms with Crippen molar-refractivity contribution >= 4 is 0 Å². The molecule has 0 radical (unpaired) electrons. The van der Waals surface area contributed by atoms with Crippen molar-refractivity contribution in [2.24, 2.45) is 0 Å². The first kappa shape index (κ1) is 14.8. The number of nitrogens with one attached hydrogen (secondary N) is 1. The first-order valence-corrected chi connectivity index (χ1v) is 7.30. The van der Waals surface area contributed by atoms with E-state index in [1.54, 1.807) is 6.07 Å². The third-order valence-electron chi connectivity index (χ3n) is 3.31. The number of nitrogens with zero attached hydrogens (tertiary/aromatic N) is 1. The van der Waals surface area contributed by atoms with Gasteiger partial charge in [-0.1, -0.05) is 31.6 Å². The molecule has 2 rings (SSSR count). The molecule has 1 aliphatic heterocycles. The van der Waals surface area contributed by atoms with Crippen molar-refractivity contribution in [2.45, 2.75) is 45.1 Å². The Morgan fingerprint density at radius 1 is 1.50 bits per heavy atom. The molecule has 20 heavy (non-hydrogen) atoms. The second-order valence-electron chi connectivity index (χ2n) is 5.02. The Hall–Kier alpha value is -1.60. The highest BCUT2D eigenvalue weighted by Crippen LogP contribution is 2.17. The van der Waals surface area contributed by atoms with Crippen LogP contribution in [-0.2, 0) is 0 Å². The van der Waals surface area contributed by atoms with Gasteiger partial charge >= 0.3 is 0 Å². The summed E-state index contributed by atoms with van der Waals surface area (Å²) in [4.78, 5) is 3.70. The third-order valence-corrected chi connectivity index (χ3v) is 3.31. The predicted molar refractivity (Wildman–Crippen MR) is 77.1 cm³/mol. The van der Waals surface area contributed by atoms with Gasteiger partial charge in [-0.3, -0.25) is 0 Å². The fourth-order valence-corrected chi connectivity index (χ4v) is 1.91. The Kier molecular flexibility index (Phi) is 5.82. The maximum absolute atomic E-state index is 13.5. The van der Waals surface area contributed by atoms with Crippen molar-refractivity contribution in [3.63, 3.8) is 0 Å². The summed E-state index contributed by atoms with van der Waals surface area (Å²) in [6.45, 7) is 3.65. The fraction of sp³-hybridized carbons (Fsp3) is 0.562. The van der Waals surface area contributed by atoms with Gasteiger partial charge in [-0.2, -0.15) is 4.39 Å². The summed E-state index contributed by atoms with van der Waals surface area (Å²) in [6.07, 6.45) is 6.89. The number of hydrogen-bond acceptors (Lipinski definition) is 3. The summed E-state index contributed by atoms with van der Waals surface area (Å²) in [7, 11) is 0. The number of aromatic nitrogens is 1. The molecule has 4 heteroatoms. The summed E-state index contributed by atoms with van der Waals surface area (Å²) in [5.41, 5.74) is 0.708. The minimum atomic E-state index is -0.569. The van der Waals surface area contributed by atoms with E-state index >= 15 is 0 Å². The van der Waals surface area contributed by atoms with Gasteiger partial charge in [0.15, 0.2) is 5.75 Å². The molecule has 1 N–H and O–H groups in total. The lowest BCUT2D eigenvalue weighted by Gasteiger charge is -2.27. The normalized spacial score (nSPS) is 17.0. The van der Waals surface area contributed by atoms with E-state index in [0.29, 0.717) is 18.2 Å². The van der Waals surface area contributed by atoms with Gasteiger partial charge < -0.3 is 10.1 Å². The van der Waals surface area contributed by atoms with Crippen LogP contribution in [-0.4, -0.2) is 24.2 Å².